The van der Waals surface area contributed by atoms with E-state index in [9.17, 15) is 4.79 Å². The molecule has 1 saturated heterocycles. The van der Waals surface area contributed by atoms with Gasteiger partial charge in [-0.15, -0.1) is 0 Å². The zero-order valence-electron chi connectivity index (χ0n) is 11.4. The van der Waals surface area contributed by atoms with Gasteiger partial charge in [0.25, 0.3) is 0 Å². The lowest BCUT2D eigenvalue weighted by molar-refractivity contribution is 0.0683. The fourth-order valence-corrected chi connectivity index (χ4v) is 2.61. The number of hydrogen-bond donors (Lipinski definition) is 1. The molecular formula is C15H22N2O2. The molecule has 2 N–H and O–H groups in total. The van der Waals surface area contributed by atoms with Crippen LogP contribution >= 0.6 is 0 Å². The van der Waals surface area contributed by atoms with Crippen molar-refractivity contribution >= 4 is 6.09 Å². The smallest absolute Gasteiger partial charge is 0.410 e. The molecule has 4 nitrogen and oxygen atoms in total. The number of amides is 1. The molecule has 2 unspecified atom stereocenters. The summed E-state index contributed by atoms with van der Waals surface area (Å²) in [6.45, 7) is 4.60. The molecule has 1 heterocycles. The molecule has 0 bridgehead atoms. The highest BCUT2D eigenvalue weighted by molar-refractivity contribution is 5.67. The quantitative estimate of drug-likeness (QED) is 0.909. The van der Waals surface area contributed by atoms with Gasteiger partial charge < -0.3 is 15.4 Å². The van der Waals surface area contributed by atoms with Crippen molar-refractivity contribution in [1.29, 1.82) is 0 Å². The first kappa shape index (κ1) is 13.9. The topological polar surface area (TPSA) is 55.6 Å². The average Bonchev–Trinajstić information content (AvgIpc) is 2.45. The summed E-state index contributed by atoms with van der Waals surface area (Å²) in [6.07, 6.45) is 0.868. The zero-order chi connectivity index (χ0) is 13.7. The van der Waals surface area contributed by atoms with Gasteiger partial charge in [-0.05, 0) is 30.4 Å². The molecule has 4 heteroatoms. The lowest BCUT2D eigenvalue weighted by atomic mass is 9.91. The minimum Gasteiger partial charge on any atom is -0.445 e. The van der Waals surface area contributed by atoms with Gasteiger partial charge >= 0.3 is 6.09 Å². The summed E-state index contributed by atoms with van der Waals surface area (Å²) in [7, 11) is 0. The minimum absolute atomic E-state index is 0.228. The molecule has 1 aromatic rings. The van der Waals surface area contributed by atoms with Crippen LogP contribution in [0.25, 0.3) is 0 Å². The van der Waals surface area contributed by atoms with Gasteiger partial charge in [-0.1, -0.05) is 37.3 Å². The molecule has 1 amide bonds. The van der Waals surface area contributed by atoms with Crippen LogP contribution in [0.5, 0.6) is 0 Å². The molecule has 0 radical (unpaired) electrons. The molecule has 1 aliphatic rings. The van der Waals surface area contributed by atoms with Gasteiger partial charge in [0.15, 0.2) is 0 Å². The summed E-state index contributed by atoms with van der Waals surface area (Å²) < 4.78 is 5.35. The van der Waals surface area contributed by atoms with Crippen LogP contribution in [-0.2, 0) is 11.3 Å². The van der Waals surface area contributed by atoms with Crippen LogP contribution in [0.2, 0.25) is 0 Å². The first-order chi connectivity index (χ1) is 9.19. The van der Waals surface area contributed by atoms with E-state index in [1.54, 1.807) is 4.90 Å². The van der Waals surface area contributed by atoms with Crippen LogP contribution in [0.1, 0.15) is 18.9 Å². The maximum atomic E-state index is 12.0. The van der Waals surface area contributed by atoms with Crippen LogP contribution in [0, 0.1) is 11.8 Å². The first-order valence-corrected chi connectivity index (χ1v) is 6.84. The largest absolute Gasteiger partial charge is 0.445 e. The van der Waals surface area contributed by atoms with Gasteiger partial charge in [-0.25, -0.2) is 4.79 Å². The van der Waals surface area contributed by atoms with Crippen molar-refractivity contribution in [2.45, 2.75) is 20.0 Å². The summed E-state index contributed by atoms with van der Waals surface area (Å²) in [5.41, 5.74) is 6.72. The fraction of sp³-hybridized carbons (Fsp3) is 0.533. The highest BCUT2D eigenvalue weighted by Gasteiger charge is 2.27. The third-order valence-electron chi connectivity index (χ3n) is 3.54. The number of piperidine rings is 1. The second-order valence-corrected chi connectivity index (χ2v) is 5.39. The van der Waals surface area contributed by atoms with E-state index >= 15 is 0 Å². The number of carbonyl (C=O) groups excluding carboxylic acids is 1. The van der Waals surface area contributed by atoms with E-state index in [4.69, 9.17) is 10.5 Å². The van der Waals surface area contributed by atoms with Crippen molar-refractivity contribution < 1.29 is 9.53 Å². The Kier molecular flexibility index (Phi) is 4.80. The SMILES string of the molecule is CC1CC(CN)CN(C(=O)OCc2ccccc2)C1. The Labute approximate surface area is 114 Å². The van der Waals surface area contributed by atoms with E-state index in [1.165, 1.54) is 0 Å². The van der Waals surface area contributed by atoms with Gasteiger partial charge in [-0.2, -0.15) is 0 Å². The fourth-order valence-electron chi connectivity index (χ4n) is 2.61. The van der Waals surface area contributed by atoms with Crippen LogP contribution in [0.3, 0.4) is 0 Å². The number of nitrogens with zero attached hydrogens (tertiary/aromatic N) is 1. The number of rotatable bonds is 3. The number of nitrogens with two attached hydrogens (primary N) is 1. The van der Waals surface area contributed by atoms with E-state index in [-0.39, 0.29) is 6.09 Å². The molecule has 0 aromatic heterocycles. The van der Waals surface area contributed by atoms with E-state index in [1.807, 2.05) is 30.3 Å². The molecule has 2 atom stereocenters. The van der Waals surface area contributed by atoms with E-state index in [0.29, 0.717) is 31.5 Å². The van der Waals surface area contributed by atoms with Crippen molar-refractivity contribution in [3.05, 3.63) is 35.9 Å². The second-order valence-electron chi connectivity index (χ2n) is 5.39. The van der Waals surface area contributed by atoms with Crippen molar-refractivity contribution in [2.75, 3.05) is 19.6 Å². The lowest BCUT2D eigenvalue weighted by Crippen LogP contribution is -2.45. The zero-order valence-corrected chi connectivity index (χ0v) is 11.4. The lowest BCUT2D eigenvalue weighted by Gasteiger charge is -2.35. The van der Waals surface area contributed by atoms with E-state index in [2.05, 4.69) is 6.92 Å². The van der Waals surface area contributed by atoms with E-state index < -0.39 is 0 Å². The third-order valence-corrected chi connectivity index (χ3v) is 3.54. The molecule has 0 saturated carbocycles. The van der Waals surface area contributed by atoms with E-state index in [0.717, 1.165) is 18.5 Å². The normalized spacial score (nSPS) is 23.2. The van der Waals surface area contributed by atoms with Crippen molar-refractivity contribution in [3.8, 4) is 0 Å². The van der Waals surface area contributed by atoms with Crippen molar-refractivity contribution in [3.63, 3.8) is 0 Å². The Morgan fingerprint density at radius 1 is 1.37 bits per heavy atom. The number of benzene rings is 1. The van der Waals surface area contributed by atoms with Gasteiger partial charge in [0.1, 0.15) is 6.61 Å². The van der Waals surface area contributed by atoms with Gasteiger partial charge in [0.2, 0.25) is 0 Å². The molecular weight excluding hydrogens is 240 g/mol. The van der Waals surface area contributed by atoms with Gasteiger partial charge in [0.05, 0.1) is 0 Å². The summed E-state index contributed by atoms with van der Waals surface area (Å²) in [6, 6.07) is 9.74. The Balaban J connectivity index is 1.85. The number of ether oxygens (including phenoxy) is 1. The third kappa shape index (κ3) is 3.96. The molecule has 1 aliphatic heterocycles. The Bertz CT molecular complexity index is 408. The monoisotopic (exact) mass is 262 g/mol. The van der Waals surface area contributed by atoms with Gasteiger partial charge in [0, 0.05) is 13.1 Å². The average molecular weight is 262 g/mol. The van der Waals surface area contributed by atoms with Crippen LogP contribution in [0.4, 0.5) is 4.79 Å². The van der Waals surface area contributed by atoms with Gasteiger partial charge in [-0.3, -0.25) is 0 Å². The Morgan fingerprint density at radius 3 is 2.79 bits per heavy atom. The summed E-state index contributed by atoms with van der Waals surface area (Å²) in [5.74, 6) is 0.889. The molecule has 1 fully saturated rings. The summed E-state index contributed by atoms with van der Waals surface area (Å²) in [4.78, 5) is 13.8. The standard InChI is InChI=1S/C15H22N2O2/c1-12-7-14(8-16)10-17(9-12)15(18)19-11-13-5-3-2-4-6-13/h2-6,12,14H,7-11,16H2,1H3. The van der Waals surface area contributed by atoms with Crippen LogP contribution in [-0.4, -0.2) is 30.6 Å². The Morgan fingerprint density at radius 2 is 2.11 bits per heavy atom. The highest BCUT2D eigenvalue weighted by Crippen LogP contribution is 2.21. The number of likely N-dealkylation sites (tertiary alicyclic amines) is 1. The molecule has 19 heavy (non-hydrogen) atoms. The number of carbonyl (C=O) groups is 1. The first-order valence-electron chi connectivity index (χ1n) is 6.84. The summed E-state index contributed by atoms with van der Waals surface area (Å²) >= 11 is 0. The van der Waals surface area contributed by atoms with Crippen molar-refractivity contribution in [1.82, 2.24) is 4.90 Å². The minimum atomic E-state index is -0.228. The van der Waals surface area contributed by atoms with Crippen LogP contribution in [0.15, 0.2) is 30.3 Å². The maximum absolute atomic E-state index is 12.0. The summed E-state index contributed by atoms with van der Waals surface area (Å²) in [5, 5.41) is 0. The molecule has 1 aromatic carbocycles. The predicted octanol–water partition coefficient (Wildman–Crippen LogP) is 2.24. The number of hydrogen-bond acceptors (Lipinski definition) is 3. The molecule has 104 valence electrons. The molecule has 2 rings (SSSR count). The highest BCUT2D eigenvalue weighted by atomic mass is 16.6. The van der Waals surface area contributed by atoms with Crippen molar-refractivity contribution in [2.24, 2.45) is 17.6 Å². The Hall–Kier alpha value is -1.55. The maximum Gasteiger partial charge on any atom is 0.410 e. The molecule has 0 spiro atoms. The second kappa shape index (κ2) is 6.57. The predicted molar refractivity (Wildman–Crippen MR) is 74.5 cm³/mol. The molecule has 0 aliphatic carbocycles. The van der Waals surface area contributed by atoms with Crippen LogP contribution < -0.4 is 5.73 Å².